The number of benzene rings is 1. The molecular weight excluding hydrogens is 274 g/mol. The Labute approximate surface area is 101 Å². The fourth-order valence-electron chi connectivity index (χ4n) is 1.88. The zero-order valence-electron chi connectivity index (χ0n) is 8.48. The molecule has 0 aliphatic heterocycles. The summed E-state index contributed by atoms with van der Waals surface area (Å²) in [7, 11) is 0. The van der Waals surface area contributed by atoms with Crippen molar-refractivity contribution >= 4 is 27.4 Å². The van der Waals surface area contributed by atoms with E-state index in [4.69, 9.17) is 0 Å². The first-order chi connectivity index (χ1) is 7.60. The van der Waals surface area contributed by atoms with Gasteiger partial charge in [-0.05, 0) is 18.4 Å². The van der Waals surface area contributed by atoms with Crippen molar-refractivity contribution in [3.63, 3.8) is 0 Å². The molecule has 0 radical (unpaired) electrons. The van der Waals surface area contributed by atoms with Crippen LogP contribution in [0.4, 0.5) is 5.69 Å². The molecule has 0 atom stereocenters. The predicted molar refractivity (Wildman–Crippen MR) is 62.8 cm³/mol. The zero-order valence-corrected chi connectivity index (χ0v) is 10.1. The van der Waals surface area contributed by atoms with Gasteiger partial charge in [0.05, 0.1) is 15.7 Å². The molecule has 1 aliphatic carbocycles. The van der Waals surface area contributed by atoms with Crippen molar-refractivity contribution in [3.05, 3.63) is 39.9 Å². The molecule has 0 bridgehead atoms. The van der Waals surface area contributed by atoms with Crippen molar-refractivity contribution in [2.24, 2.45) is 0 Å². The van der Waals surface area contributed by atoms with Crippen molar-refractivity contribution < 1.29 is 9.72 Å². The van der Waals surface area contributed by atoms with Gasteiger partial charge >= 0.3 is 0 Å². The molecule has 0 unspecified atom stereocenters. The minimum atomic E-state index is -0.435. The highest BCUT2D eigenvalue weighted by Crippen LogP contribution is 2.49. The third-order valence-electron chi connectivity index (χ3n) is 3.04. The van der Waals surface area contributed by atoms with Crippen LogP contribution in [0.15, 0.2) is 24.3 Å². The van der Waals surface area contributed by atoms with Crippen LogP contribution in [0.2, 0.25) is 0 Å². The predicted octanol–water partition coefficient (Wildman–Crippen LogP) is 2.59. The number of nitrogens with zero attached hydrogens (tertiary/aromatic N) is 1. The average molecular weight is 284 g/mol. The molecule has 0 saturated heterocycles. The molecule has 0 N–H and O–H groups in total. The summed E-state index contributed by atoms with van der Waals surface area (Å²) in [6, 6.07) is 6.28. The number of carbonyl (C=O) groups is 1. The number of carbonyl (C=O) groups excluding carboxylic acids is 1. The van der Waals surface area contributed by atoms with Crippen LogP contribution in [0.5, 0.6) is 0 Å². The second kappa shape index (κ2) is 3.97. The van der Waals surface area contributed by atoms with Crippen LogP contribution in [0.3, 0.4) is 0 Å². The van der Waals surface area contributed by atoms with Crippen molar-refractivity contribution in [3.8, 4) is 0 Å². The minimum Gasteiger partial charge on any atom is -0.298 e. The van der Waals surface area contributed by atoms with Crippen molar-refractivity contribution in [2.45, 2.75) is 18.3 Å². The molecule has 1 aliphatic rings. The summed E-state index contributed by atoms with van der Waals surface area (Å²) >= 11 is 3.17. The normalized spacial score (nSPS) is 16.8. The van der Waals surface area contributed by atoms with Gasteiger partial charge in [0.25, 0.3) is 5.69 Å². The van der Waals surface area contributed by atoms with Crippen LogP contribution >= 0.6 is 15.9 Å². The highest BCUT2D eigenvalue weighted by molar-refractivity contribution is 9.09. The minimum absolute atomic E-state index is 0.0610. The van der Waals surface area contributed by atoms with Crippen LogP contribution in [0.1, 0.15) is 18.4 Å². The smallest absolute Gasteiger partial charge is 0.269 e. The molecule has 4 nitrogen and oxygen atoms in total. The van der Waals surface area contributed by atoms with Crippen LogP contribution in [0, 0.1) is 10.1 Å². The number of ketones is 1. The molecule has 84 valence electrons. The number of non-ortho nitro benzene ring substituents is 1. The lowest BCUT2D eigenvalue weighted by Crippen LogP contribution is -2.21. The molecule has 1 saturated carbocycles. The van der Waals surface area contributed by atoms with E-state index >= 15 is 0 Å². The highest BCUT2D eigenvalue weighted by Gasteiger charge is 2.50. The van der Waals surface area contributed by atoms with Gasteiger partial charge in [-0.25, -0.2) is 0 Å². The molecule has 1 aromatic rings. The molecule has 0 heterocycles. The number of Topliss-reactive ketones (excluding diaryl/α,β-unsaturated/α-hetero) is 1. The maximum atomic E-state index is 11.7. The van der Waals surface area contributed by atoms with E-state index in [2.05, 4.69) is 15.9 Å². The molecular formula is C11H10BrNO3. The molecule has 5 heteroatoms. The monoisotopic (exact) mass is 283 g/mol. The Morgan fingerprint density at radius 3 is 2.31 bits per heavy atom. The topological polar surface area (TPSA) is 60.2 Å². The third-order valence-corrected chi connectivity index (χ3v) is 3.55. The molecule has 1 aromatic carbocycles. The van der Waals surface area contributed by atoms with Gasteiger partial charge in [-0.3, -0.25) is 14.9 Å². The van der Waals surface area contributed by atoms with E-state index < -0.39 is 4.92 Å². The molecule has 2 rings (SSSR count). The Morgan fingerprint density at radius 2 is 1.94 bits per heavy atom. The second-order valence-corrected chi connectivity index (χ2v) is 4.50. The maximum absolute atomic E-state index is 11.7. The first-order valence-electron chi connectivity index (χ1n) is 4.94. The van der Waals surface area contributed by atoms with Crippen LogP contribution < -0.4 is 0 Å². The van der Waals surface area contributed by atoms with Gasteiger partial charge in [-0.2, -0.15) is 0 Å². The van der Waals surface area contributed by atoms with Crippen LogP contribution in [0.25, 0.3) is 0 Å². The van der Waals surface area contributed by atoms with E-state index in [0.29, 0.717) is 5.33 Å². The van der Waals surface area contributed by atoms with Crippen LogP contribution in [-0.2, 0) is 10.2 Å². The van der Waals surface area contributed by atoms with E-state index in [-0.39, 0.29) is 16.9 Å². The van der Waals surface area contributed by atoms with E-state index in [9.17, 15) is 14.9 Å². The van der Waals surface area contributed by atoms with E-state index in [1.165, 1.54) is 12.1 Å². The summed E-state index contributed by atoms with van der Waals surface area (Å²) in [6.07, 6.45) is 1.69. The number of hydrogen-bond acceptors (Lipinski definition) is 3. The van der Waals surface area contributed by atoms with Gasteiger partial charge < -0.3 is 0 Å². The summed E-state index contributed by atoms with van der Waals surface area (Å²) < 4.78 is 0. The Morgan fingerprint density at radius 1 is 1.38 bits per heavy atom. The zero-order chi connectivity index (χ0) is 11.8. The summed E-state index contributed by atoms with van der Waals surface area (Å²) in [6.45, 7) is 0. The molecule has 1 fully saturated rings. The summed E-state index contributed by atoms with van der Waals surface area (Å²) in [4.78, 5) is 21.8. The standard InChI is InChI=1S/C11H10BrNO3/c12-7-10(14)11(5-6-11)8-1-3-9(4-2-8)13(15)16/h1-4H,5-7H2. The van der Waals surface area contributed by atoms with Gasteiger partial charge in [0.2, 0.25) is 0 Å². The quantitative estimate of drug-likeness (QED) is 0.485. The highest BCUT2D eigenvalue weighted by atomic mass is 79.9. The number of hydrogen-bond donors (Lipinski definition) is 0. The Bertz CT molecular complexity index is 437. The van der Waals surface area contributed by atoms with Gasteiger partial charge in [0.15, 0.2) is 5.78 Å². The van der Waals surface area contributed by atoms with E-state index in [1.54, 1.807) is 12.1 Å². The number of halogens is 1. The lowest BCUT2D eigenvalue weighted by atomic mass is 9.92. The van der Waals surface area contributed by atoms with Crippen LogP contribution in [-0.4, -0.2) is 16.0 Å². The van der Waals surface area contributed by atoms with Crippen molar-refractivity contribution in [1.29, 1.82) is 0 Å². The summed E-state index contributed by atoms with van der Waals surface area (Å²) in [5.41, 5.74) is 0.576. The molecule has 0 spiro atoms. The Hall–Kier alpha value is -1.23. The van der Waals surface area contributed by atoms with Gasteiger partial charge in [0, 0.05) is 12.1 Å². The summed E-state index contributed by atoms with van der Waals surface area (Å²) in [5, 5.41) is 10.8. The number of rotatable bonds is 4. The Balaban J connectivity index is 2.29. The fourth-order valence-corrected chi connectivity index (χ4v) is 2.42. The van der Waals surface area contributed by atoms with Gasteiger partial charge in [-0.1, -0.05) is 28.1 Å². The molecule has 16 heavy (non-hydrogen) atoms. The Kier molecular flexibility index (Phi) is 2.80. The number of nitro groups is 1. The first-order valence-corrected chi connectivity index (χ1v) is 6.06. The van der Waals surface area contributed by atoms with E-state index in [0.717, 1.165) is 18.4 Å². The molecule has 0 amide bonds. The van der Waals surface area contributed by atoms with Gasteiger partial charge in [0.1, 0.15) is 0 Å². The van der Waals surface area contributed by atoms with Crippen molar-refractivity contribution in [1.82, 2.24) is 0 Å². The lowest BCUT2D eigenvalue weighted by Gasteiger charge is -2.12. The molecule has 0 aromatic heterocycles. The largest absolute Gasteiger partial charge is 0.298 e. The fraction of sp³-hybridized carbons (Fsp3) is 0.364. The number of alkyl halides is 1. The van der Waals surface area contributed by atoms with Gasteiger partial charge in [-0.15, -0.1) is 0 Å². The third kappa shape index (κ3) is 1.75. The average Bonchev–Trinajstić information content (AvgIpc) is 3.09. The second-order valence-electron chi connectivity index (χ2n) is 3.94. The number of nitro benzene ring substituents is 1. The first kappa shape index (κ1) is 11.3. The van der Waals surface area contributed by atoms with Crippen molar-refractivity contribution in [2.75, 3.05) is 5.33 Å². The van der Waals surface area contributed by atoms with E-state index in [1.807, 2.05) is 0 Å². The summed E-state index contributed by atoms with van der Waals surface area (Å²) in [5.74, 6) is 0.154. The maximum Gasteiger partial charge on any atom is 0.269 e. The lowest BCUT2D eigenvalue weighted by molar-refractivity contribution is -0.384. The SMILES string of the molecule is O=C(CBr)C1(c2ccc([N+](=O)[O-])cc2)CC1.